The Kier molecular flexibility index (Phi) is 4.65. The van der Waals surface area contributed by atoms with E-state index in [1.54, 1.807) is 0 Å². The molecule has 1 aromatic carbocycles. The summed E-state index contributed by atoms with van der Waals surface area (Å²) in [6.45, 7) is 4.49. The number of rotatable bonds is 5. The van der Waals surface area contributed by atoms with Gasteiger partial charge in [0.25, 0.3) is 0 Å². The van der Waals surface area contributed by atoms with Gasteiger partial charge in [0.15, 0.2) is 0 Å². The number of benzene rings is 1. The van der Waals surface area contributed by atoms with Gasteiger partial charge >= 0.3 is 0 Å². The van der Waals surface area contributed by atoms with Gasteiger partial charge in [-0.2, -0.15) is 0 Å². The van der Waals surface area contributed by atoms with Crippen molar-refractivity contribution in [3.8, 4) is 0 Å². The molecule has 1 saturated heterocycles. The lowest BCUT2D eigenvalue weighted by Gasteiger charge is -2.32. The van der Waals surface area contributed by atoms with E-state index in [1.165, 1.54) is 0 Å². The molecule has 0 bridgehead atoms. The van der Waals surface area contributed by atoms with Crippen LogP contribution in [0.25, 0.3) is 21.9 Å². The number of nitrogens with zero attached hydrogens (tertiary/aromatic N) is 3. The van der Waals surface area contributed by atoms with Gasteiger partial charge in [-0.3, -0.25) is 4.98 Å². The van der Waals surface area contributed by atoms with Crippen molar-refractivity contribution in [3.63, 3.8) is 0 Å². The van der Waals surface area contributed by atoms with E-state index >= 15 is 0 Å². The van der Waals surface area contributed by atoms with Crippen LogP contribution in [-0.4, -0.2) is 45.0 Å². The quantitative estimate of drug-likeness (QED) is 0.735. The molecular formula is C20H26N4O2. The van der Waals surface area contributed by atoms with E-state index < -0.39 is 5.60 Å². The molecule has 2 aromatic heterocycles. The zero-order valence-corrected chi connectivity index (χ0v) is 15.2. The smallest absolute Gasteiger partial charge is 0.111 e. The first kappa shape index (κ1) is 17.4. The summed E-state index contributed by atoms with van der Waals surface area (Å²) in [5, 5.41) is 12.0. The lowest BCUT2D eigenvalue weighted by Crippen LogP contribution is -2.40. The predicted octanol–water partition coefficient (Wildman–Crippen LogP) is 2.58. The summed E-state index contributed by atoms with van der Waals surface area (Å²) in [6, 6.07) is 8.14. The Hall–Kier alpha value is -2.02. The largest absolute Gasteiger partial charge is 0.388 e. The van der Waals surface area contributed by atoms with Crippen LogP contribution < -0.4 is 5.73 Å². The van der Waals surface area contributed by atoms with Crippen molar-refractivity contribution < 1.29 is 9.84 Å². The number of pyridine rings is 1. The van der Waals surface area contributed by atoms with Crippen LogP contribution >= 0.6 is 0 Å². The standard InChI is InChI=1S/C20H26N4O2/c1-14(6-9-21)17-18-19(15-4-2-3-5-16(15)23-17)24(13-22-18)12-20(25)7-10-26-11-8-20/h2-5,13-14,25H,6-12,21H2,1H3. The van der Waals surface area contributed by atoms with E-state index in [2.05, 4.69) is 22.5 Å². The highest BCUT2D eigenvalue weighted by Crippen LogP contribution is 2.32. The van der Waals surface area contributed by atoms with E-state index in [1.807, 2.05) is 24.5 Å². The number of hydrogen-bond donors (Lipinski definition) is 2. The fraction of sp³-hybridized carbons (Fsp3) is 0.500. The molecule has 0 radical (unpaired) electrons. The molecule has 0 aliphatic carbocycles. The Balaban J connectivity index is 1.87. The first-order valence-corrected chi connectivity index (χ1v) is 9.35. The van der Waals surface area contributed by atoms with Gasteiger partial charge in [0, 0.05) is 37.4 Å². The van der Waals surface area contributed by atoms with Crippen LogP contribution in [-0.2, 0) is 11.3 Å². The Morgan fingerprint density at radius 2 is 2.08 bits per heavy atom. The minimum Gasteiger partial charge on any atom is -0.388 e. The first-order valence-electron chi connectivity index (χ1n) is 9.35. The molecule has 138 valence electrons. The molecule has 0 saturated carbocycles. The van der Waals surface area contributed by atoms with E-state index in [0.29, 0.717) is 39.1 Å². The fourth-order valence-corrected chi connectivity index (χ4v) is 3.88. The van der Waals surface area contributed by atoms with Crippen molar-refractivity contribution in [1.29, 1.82) is 0 Å². The molecule has 1 aliphatic rings. The highest BCUT2D eigenvalue weighted by molar-refractivity contribution is 6.03. The monoisotopic (exact) mass is 354 g/mol. The Bertz CT molecular complexity index is 915. The predicted molar refractivity (Wildman–Crippen MR) is 102 cm³/mol. The maximum absolute atomic E-state index is 11.0. The SMILES string of the molecule is CC(CCN)c1nc2ccccc2c2c1ncn2CC1(O)CCOCC1. The maximum atomic E-state index is 11.0. The van der Waals surface area contributed by atoms with Crippen LogP contribution in [0.4, 0.5) is 0 Å². The Morgan fingerprint density at radius 1 is 1.31 bits per heavy atom. The van der Waals surface area contributed by atoms with Crippen LogP contribution in [0.3, 0.4) is 0 Å². The average molecular weight is 354 g/mol. The number of fused-ring (bicyclic) bond motifs is 3. The van der Waals surface area contributed by atoms with Crippen molar-refractivity contribution >= 4 is 21.9 Å². The molecule has 0 amide bonds. The van der Waals surface area contributed by atoms with E-state index in [9.17, 15) is 5.11 Å². The average Bonchev–Trinajstić information content (AvgIpc) is 3.05. The van der Waals surface area contributed by atoms with Crippen LogP contribution in [0.5, 0.6) is 0 Å². The van der Waals surface area contributed by atoms with Crippen LogP contribution in [0.2, 0.25) is 0 Å². The van der Waals surface area contributed by atoms with Gasteiger partial charge in [-0.15, -0.1) is 0 Å². The van der Waals surface area contributed by atoms with Gasteiger partial charge in [0.05, 0.1) is 35.2 Å². The summed E-state index contributed by atoms with van der Waals surface area (Å²) in [7, 11) is 0. The van der Waals surface area contributed by atoms with Gasteiger partial charge in [-0.1, -0.05) is 25.1 Å². The zero-order valence-electron chi connectivity index (χ0n) is 15.2. The molecule has 3 aromatic rings. The zero-order chi connectivity index (χ0) is 18.1. The second kappa shape index (κ2) is 6.95. The third-order valence-corrected chi connectivity index (χ3v) is 5.44. The number of nitrogens with two attached hydrogens (primary N) is 1. The second-order valence-corrected chi connectivity index (χ2v) is 7.40. The number of imidazole rings is 1. The normalized spacial score (nSPS) is 18.4. The summed E-state index contributed by atoms with van der Waals surface area (Å²) in [4.78, 5) is 9.57. The second-order valence-electron chi connectivity index (χ2n) is 7.40. The number of hydrogen-bond acceptors (Lipinski definition) is 5. The number of para-hydroxylation sites is 1. The van der Waals surface area contributed by atoms with Crippen molar-refractivity contribution in [1.82, 2.24) is 14.5 Å². The van der Waals surface area contributed by atoms with Gasteiger partial charge in [-0.05, 0) is 19.0 Å². The van der Waals surface area contributed by atoms with Crippen molar-refractivity contribution in [2.24, 2.45) is 5.73 Å². The highest BCUT2D eigenvalue weighted by Gasteiger charge is 2.31. The lowest BCUT2D eigenvalue weighted by molar-refractivity contribution is -0.0722. The summed E-state index contributed by atoms with van der Waals surface area (Å²) in [6.07, 6.45) is 4.00. The van der Waals surface area contributed by atoms with Gasteiger partial charge in [0.1, 0.15) is 5.52 Å². The summed E-state index contributed by atoms with van der Waals surface area (Å²) in [5.74, 6) is 0.238. The van der Waals surface area contributed by atoms with Crippen molar-refractivity contribution in [2.75, 3.05) is 19.8 Å². The Morgan fingerprint density at radius 3 is 2.85 bits per heavy atom. The molecule has 3 N–H and O–H groups in total. The number of ether oxygens (including phenoxy) is 1. The molecule has 4 rings (SSSR count). The Labute approximate surface area is 153 Å². The molecule has 1 unspecified atom stereocenters. The molecule has 3 heterocycles. The lowest BCUT2D eigenvalue weighted by atomic mass is 9.94. The number of aromatic nitrogens is 3. The molecule has 1 aliphatic heterocycles. The third kappa shape index (κ3) is 3.09. The molecule has 0 spiro atoms. The fourth-order valence-electron chi connectivity index (χ4n) is 3.88. The van der Waals surface area contributed by atoms with Crippen LogP contribution in [0.15, 0.2) is 30.6 Å². The van der Waals surface area contributed by atoms with Gasteiger partial charge in [0.2, 0.25) is 0 Å². The molecule has 1 atom stereocenters. The van der Waals surface area contributed by atoms with Crippen molar-refractivity contribution in [3.05, 3.63) is 36.3 Å². The molecule has 6 nitrogen and oxygen atoms in total. The van der Waals surface area contributed by atoms with E-state index in [0.717, 1.165) is 34.1 Å². The van der Waals surface area contributed by atoms with E-state index in [4.69, 9.17) is 15.5 Å². The first-order chi connectivity index (χ1) is 12.6. The topological polar surface area (TPSA) is 86.2 Å². The van der Waals surface area contributed by atoms with Crippen LogP contribution in [0, 0.1) is 0 Å². The maximum Gasteiger partial charge on any atom is 0.111 e. The summed E-state index contributed by atoms with van der Waals surface area (Å²) in [5.41, 5.74) is 8.93. The molecule has 6 heteroatoms. The summed E-state index contributed by atoms with van der Waals surface area (Å²) >= 11 is 0. The van der Waals surface area contributed by atoms with Crippen LogP contribution in [0.1, 0.15) is 37.8 Å². The van der Waals surface area contributed by atoms with E-state index in [-0.39, 0.29) is 5.92 Å². The molecule has 26 heavy (non-hydrogen) atoms. The van der Waals surface area contributed by atoms with Gasteiger partial charge < -0.3 is 20.1 Å². The number of aliphatic hydroxyl groups is 1. The summed E-state index contributed by atoms with van der Waals surface area (Å²) < 4.78 is 7.50. The van der Waals surface area contributed by atoms with Gasteiger partial charge in [-0.25, -0.2) is 4.98 Å². The minimum atomic E-state index is -0.751. The van der Waals surface area contributed by atoms with Crippen molar-refractivity contribution in [2.45, 2.75) is 44.2 Å². The molecule has 1 fully saturated rings. The highest BCUT2D eigenvalue weighted by atomic mass is 16.5. The third-order valence-electron chi connectivity index (χ3n) is 5.44. The molecular weight excluding hydrogens is 328 g/mol. The minimum absolute atomic E-state index is 0.238.